The van der Waals surface area contributed by atoms with Gasteiger partial charge in [-0.3, -0.25) is 0 Å². The monoisotopic (exact) mass is 205 g/mol. The van der Waals surface area contributed by atoms with Crippen molar-refractivity contribution in [2.24, 2.45) is 5.92 Å². The van der Waals surface area contributed by atoms with Gasteiger partial charge in [0.2, 0.25) is 5.88 Å². The summed E-state index contributed by atoms with van der Waals surface area (Å²) in [6.45, 7) is 6.49. The highest BCUT2D eigenvalue weighted by Gasteiger charge is 2.12. The molecule has 0 amide bonds. The lowest BCUT2D eigenvalue weighted by Gasteiger charge is -2.14. The van der Waals surface area contributed by atoms with Gasteiger partial charge in [-0.1, -0.05) is 20.8 Å². The molecule has 4 nitrogen and oxygen atoms in total. The van der Waals surface area contributed by atoms with E-state index in [9.17, 15) is 5.11 Å². The normalized spacial score (nSPS) is 13.6. The zero-order valence-electron chi connectivity index (χ0n) is 9.18. The van der Waals surface area contributed by atoms with E-state index in [2.05, 4.69) is 30.9 Å². The van der Waals surface area contributed by atoms with Gasteiger partial charge in [0, 0.05) is 5.92 Å². The van der Waals surface area contributed by atoms with Gasteiger partial charge < -0.3 is 5.11 Å². The van der Waals surface area contributed by atoms with E-state index in [0.717, 1.165) is 5.69 Å². The summed E-state index contributed by atoms with van der Waals surface area (Å²) < 4.78 is 1.61. The van der Waals surface area contributed by atoms with Gasteiger partial charge in [-0.15, -0.1) is 0 Å². The third-order valence-electron chi connectivity index (χ3n) is 2.79. The number of aromatic hydroxyl groups is 1. The van der Waals surface area contributed by atoms with Gasteiger partial charge in [-0.25, -0.2) is 4.52 Å². The molecule has 0 aliphatic carbocycles. The van der Waals surface area contributed by atoms with Crippen molar-refractivity contribution in [2.45, 2.75) is 26.7 Å². The Balaban J connectivity index is 2.46. The minimum atomic E-state index is 0.0110. The lowest BCUT2D eigenvalue weighted by atomic mass is 9.95. The van der Waals surface area contributed by atoms with E-state index in [4.69, 9.17) is 0 Å². The van der Waals surface area contributed by atoms with Gasteiger partial charge in [0.1, 0.15) is 0 Å². The number of imidazole rings is 1. The Hall–Kier alpha value is -1.58. The van der Waals surface area contributed by atoms with Crippen molar-refractivity contribution < 1.29 is 5.11 Å². The van der Waals surface area contributed by atoms with Crippen molar-refractivity contribution in [1.82, 2.24) is 14.6 Å². The molecule has 0 aliphatic heterocycles. The second kappa shape index (κ2) is 3.53. The van der Waals surface area contributed by atoms with Crippen LogP contribution in [0.25, 0.3) is 5.65 Å². The summed E-state index contributed by atoms with van der Waals surface area (Å²) in [6.07, 6.45) is 1.52. The summed E-state index contributed by atoms with van der Waals surface area (Å²) in [5.74, 6) is 0.961. The molecule has 2 aromatic rings. The molecule has 80 valence electrons. The molecule has 1 atom stereocenters. The van der Waals surface area contributed by atoms with Crippen molar-refractivity contribution in [3.8, 4) is 5.88 Å². The summed E-state index contributed by atoms with van der Waals surface area (Å²) in [5.41, 5.74) is 1.70. The maximum Gasteiger partial charge on any atom is 0.231 e. The first-order valence-electron chi connectivity index (χ1n) is 5.13. The Labute approximate surface area is 88.6 Å². The van der Waals surface area contributed by atoms with Gasteiger partial charge in [-0.05, 0) is 18.1 Å². The standard InChI is InChI=1S/C11H15N3O/c1-7(2)8(3)9-4-5-10-12-11(15)6-14(10)13-9/h4-8,15H,1-3H3. The second-order valence-corrected chi connectivity index (χ2v) is 4.19. The molecule has 0 saturated carbocycles. The quantitative estimate of drug-likeness (QED) is 0.817. The van der Waals surface area contributed by atoms with Gasteiger partial charge >= 0.3 is 0 Å². The lowest BCUT2D eigenvalue weighted by Crippen LogP contribution is -2.06. The van der Waals surface area contributed by atoms with Crippen LogP contribution in [0.1, 0.15) is 32.4 Å². The average Bonchev–Trinajstić information content (AvgIpc) is 2.55. The van der Waals surface area contributed by atoms with Crippen LogP contribution >= 0.6 is 0 Å². The summed E-state index contributed by atoms with van der Waals surface area (Å²) in [7, 11) is 0. The predicted molar refractivity (Wildman–Crippen MR) is 57.9 cm³/mol. The Morgan fingerprint density at radius 2 is 2.00 bits per heavy atom. The van der Waals surface area contributed by atoms with Crippen molar-refractivity contribution in [2.75, 3.05) is 0 Å². The minimum absolute atomic E-state index is 0.0110. The maximum atomic E-state index is 9.22. The van der Waals surface area contributed by atoms with Gasteiger partial charge in [0.05, 0.1) is 11.9 Å². The van der Waals surface area contributed by atoms with E-state index < -0.39 is 0 Å². The predicted octanol–water partition coefficient (Wildman–Crippen LogP) is 2.19. The number of fused-ring (bicyclic) bond motifs is 1. The first kappa shape index (κ1) is 9.96. The van der Waals surface area contributed by atoms with E-state index in [-0.39, 0.29) is 5.88 Å². The Morgan fingerprint density at radius 1 is 1.27 bits per heavy atom. The zero-order valence-corrected chi connectivity index (χ0v) is 9.18. The Kier molecular flexibility index (Phi) is 2.34. The van der Waals surface area contributed by atoms with Crippen molar-refractivity contribution in [1.29, 1.82) is 0 Å². The van der Waals surface area contributed by atoms with Crippen molar-refractivity contribution in [3.05, 3.63) is 24.0 Å². The first-order chi connectivity index (χ1) is 7.08. The molecule has 0 aromatic carbocycles. The van der Waals surface area contributed by atoms with Crippen LogP contribution in [-0.2, 0) is 0 Å². The molecule has 0 spiro atoms. The minimum Gasteiger partial charge on any atom is -0.492 e. The Morgan fingerprint density at radius 3 is 2.67 bits per heavy atom. The summed E-state index contributed by atoms with van der Waals surface area (Å²) in [4.78, 5) is 3.91. The fraction of sp³-hybridized carbons (Fsp3) is 0.455. The lowest BCUT2D eigenvalue weighted by molar-refractivity contribution is 0.456. The summed E-state index contributed by atoms with van der Waals surface area (Å²) in [6, 6.07) is 3.84. The number of hydrogen-bond acceptors (Lipinski definition) is 3. The number of rotatable bonds is 2. The largest absolute Gasteiger partial charge is 0.492 e. The number of nitrogens with zero attached hydrogens (tertiary/aromatic N) is 3. The fourth-order valence-corrected chi connectivity index (χ4v) is 1.47. The Bertz CT molecular complexity index is 476. The van der Waals surface area contributed by atoms with Crippen LogP contribution in [0, 0.1) is 5.92 Å². The molecule has 1 unspecified atom stereocenters. The molecule has 2 aromatic heterocycles. The summed E-state index contributed by atoms with van der Waals surface area (Å²) in [5, 5.41) is 13.6. The molecular formula is C11H15N3O. The van der Waals surface area contributed by atoms with Crippen molar-refractivity contribution in [3.63, 3.8) is 0 Å². The first-order valence-corrected chi connectivity index (χ1v) is 5.13. The molecule has 0 bridgehead atoms. The van der Waals surface area contributed by atoms with Crippen LogP contribution in [0.5, 0.6) is 5.88 Å². The topological polar surface area (TPSA) is 50.4 Å². The van der Waals surface area contributed by atoms with Gasteiger partial charge in [-0.2, -0.15) is 10.1 Å². The molecule has 0 saturated heterocycles. The molecule has 15 heavy (non-hydrogen) atoms. The number of aromatic nitrogens is 3. The highest BCUT2D eigenvalue weighted by molar-refractivity contribution is 5.40. The summed E-state index contributed by atoms with van der Waals surface area (Å²) >= 11 is 0. The van der Waals surface area contributed by atoms with E-state index in [1.54, 1.807) is 4.52 Å². The molecule has 2 heterocycles. The fourth-order valence-electron chi connectivity index (χ4n) is 1.47. The van der Waals surface area contributed by atoms with Crippen LogP contribution in [0.4, 0.5) is 0 Å². The van der Waals surface area contributed by atoms with E-state index in [1.165, 1.54) is 6.20 Å². The van der Waals surface area contributed by atoms with Crippen molar-refractivity contribution >= 4 is 5.65 Å². The molecule has 4 heteroatoms. The van der Waals surface area contributed by atoms with Crippen LogP contribution in [0.3, 0.4) is 0 Å². The van der Waals surface area contributed by atoms with Gasteiger partial charge in [0.15, 0.2) is 5.65 Å². The smallest absolute Gasteiger partial charge is 0.231 e. The molecule has 2 rings (SSSR count). The average molecular weight is 205 g/mol. The number of hydrogen-bond donors (Lipinski definition) is 1. The molecular weight excluding hydrogens is 190 g/mol. The van der Waals surface area contributed by atoms with Crippen LogP contribution < -0.4 is 0 Å². The third-order valence-corrected chi connectivity index (χ3v) is 2.79. The van der Waals surface area contributed by atoms with E-state index >= 15 is 0 Å². The van der Waals surface area contributed by atoms with Crippen LogP contribution in [0.2, 0.25) is 0 Å². The third kappa shape index (κ3) is 1.79. The highest BCUT2D eigenvalue weighted by atomic mass is 16.3. The zero-order chi connectivity index (χ0) is 11.0. The van der Waals surface area contributed by atoms with E-state index in [1.807, 2.05) is 12.1 Å². The van der Waals surface area contributed by atoms with Gasteiger partial charge in [0.25, 0.3) is 0 Å². The van der Waals surface area contributed by atoms with Crippen LogP contribution in [0.15, 0.2) is 18.3 Å². The molecule has 1 N–H and O–H groups in total. The van der Waals surface area contributed by atoms with E-state index in [0.29, 0.717) is 17.5 Å². The molecule has 0 aliphatic rings. The molecule has 0 radical (unpaired) electrons. The SMILES string of the molecule is CC(C)C(C)c1ccc2nc(O)cn2n1. The highest BCUT2D eigenvalue weighted by Crippen LogP contribution is 2.22. The second-order valence-electron chi connectivity index (χ2n) is 4.19. The molecule has 0 fully saturated rings. The van der Waals surface area contributed by atoms with Crippen LogP contribution in [-0.4, -0.2) is 19.7 Å². The maximum absolute atomic E-state index is 9.22.